The molecule has 2 rings (SSSR count). The molecule has 0 bridgehead atoms. The van der Waals surface area contributed by atoms with Crippen LogP contribution in [-0.4, -0.2) is 25.5 Å². The van der Waals surface area contributed by atoms with Gasteiger partial charge in [-0.3, -0.25) is 4.79 Å². The number of hydrogen-bond donors (Lipinski definition) is 2. The van der Waals surface area contributed by atoms with Crippen LogP contribution < -0.4 is 10.2 Å². The molecule has 116 valence electrons. The highest BCUT2D eigenvalue weighted by molar-refractivity contribution is 6.34. The van der Waals surface area contributed by atoms with Gasteiger partial charge in [-0.25, -0.2) is 0 Å². The maximum atomic E-state index is 12.3. The summed E-state index contributed by atoms with van der Waals surface area (Å²) in [7, 11) is 0. The quantitative estimate of drug-likeness (QED) is 0.883. The average Bonchev–Trinajstić information content (AvgIpc) is 2.32. The molecule has 4 heteroatoms. The zero-order valence-corrected chi connectivity index (χ0v) is 14.2. The minimum atomic E-state index is 0.0557. The lowest BCUT2D eigenvalue weighted by atomic mass is 9.92. The monoisotopic (exact) mass is 309 g/mol. The maximum Gasteiger partial charge on any atom is 0.279 e. The van der Waals surface area contributed by atoms with Crippen molar-refractivity contribution in [3.05, 3.63) is 28.3 Å². The Kier molecular flexibility index (Phi) is 5.28. The molecule has 2 N–H and O–H groups in total. The molecular formula is C17H26ClN2O+. The molecule has 0 radical (unpaired) electrons. The second-order valence-corrected chi connectivity index (χ2v) is 7.18. The summed E-state index contributed by atoms with van der Waals surface area (Å²) in [6.45, 7) is 11.2. The van der Waals surface area contributed by atoms with E-state index in [2.05, 4.69) is 19.2 Å². The molecule has 1 aliphatic heterocycles. The summed E-state index contributed by atoms with van der Waals surface area (Å²) >= 11 is 6.25. The standard InChI is InChI=1S/C17H25ClN2O/c1-11-6-14(4)17(15(18)7-11)19-16(21)10-20-8-12(2)5-13(3)9-20/h6-7,12-13H,5,8-10H2,1-4H3,(H,19,21)/p+1/t12-,13-/m0/s1. The highest BCUT2D eigenvalue weighted by atomic mass is 35.5. The van der Waals surface area contributed by atoms with Crippen molar-refractivity contribution in [3.63, 3.8) is 0 Å². The van der Waals surface area contributed by atoms with E-state index in [1.807, 2.05) is 26.0 Å². The first-order chi connectivity index (χ1) is 9.85. The van der Waals surface area contributed by atoms with Crippen molar-refractivity contribution < 1.29 is 9.69 Å². The van der Waals surface area contributed by atoms with E-state index in [0.717, 1.165) is 29.9 Å². The summed E-state index contributed by atoms with van der Waals surface area (Å²) in [6, 6.07) is 3.93. The number of benzene rings is 1. The van der Waals surface area contributed by atoms with Crippen LogP contribution in [0, 0.1) is 25.7 Å². The number of rotatable bonds is 3. The molecule has 1 heterocycles. The molecule has 1 saturated heterocycles. The van der Waals surface area contributed by atoms with Gasteiger partial charge in [-0.1, -0.05) is 31.5 Å². The molecule has 1 amide bonds. The number of halogens is 1. The Morgan fingerprint density at radius 3 is 2.48 bits per heavy atom. The highest BCUT2D eigenvalue weighted by Crippen LogP contribution is 2.27. The molecule has 21 heavy (non-hydrogen) atoms. The number of carbonyl (C=O) groups is 1. The van der Waals surface area contributed by atoms with Gasteiger partial charge in [0.2, 0.25) is 0 Å². The molecule has 1 aliphatic rings. The van der Waals surface area contributed by atoms with E-state index < -0.39 is 0 Å². The largest absolute Gasteiger partial charge is 0.327 e. The van der Waals surface area contributed by atoms with Gasteiger partial charge < -0.3 is 10.2 Å². The Morgan fingerprint density at radius 1 is 1.29 bits per heavy atom. The van der Waals surface area contributed by atoms with Crippen molar-refractivity contribution in [1.82, 2.24) is 0 Å². The van der Waals surface area contributed by atoms with Gasteiger partial charge >= 0.3 is 0 Å². The molecule has 0 aliphatic carbocycles. The third-order valence-electron chi connectivity index (χ3n) is 4.19. The predicted octanol–water partition coefficient (Wildman–Crippen LogP) is 2.46. The minimum Gasteiger partial charge on any atom is -0.327 e. The van der Waals surface area contributed by atoms with Crippen molar-refractivity contribution in [2.45, 2.75) is 34.1 Å². The molecule has 3 nitrogen and oxygen atoms in total. The number of quaternary nitrogens is 1. The zero-order valence-electron chi connectivity index (χ0n) is 13.4. The topological polar surface area (TPSA) is 33.5 Å². The van der Waals surface area contributed by atoms with Gasteiger partial charge in [0.05, 0.1) is 23.8 Å². The van der Waals surface area contributed by atoms with Crippen molar-refractivity contribution in [2.75, 3.05) is 25.0 Å². The lowest BCUT2D eigenvalue weighted by Crippen LogP contribution is -3.15. The van der Waals surface area contributed by atoms with Crippen LogP contribution in [0.2, 0.25) is 5.02 Å². The van der Waals surface area contributed by atoms with Gasteiger partial charge in [0.15, 0.2) is 6.54 Å². The summed E-state index contributed by atoms with van der Waals surface area (Å²) in [5, 5.41) is 3.61. The molecular weight excluding hydrogens is 284 g/mol. The van der Waals surface area contributed by atoms with Crippen LogP contribution in [0.1, 0.15) is 31.4 Å². The van der Waals surface area contributed by atoms with E-state index >= 15 is 0 Å². The molecule has 0 aromatic heterocycles. The SMILES string of the molecule is Cc1cc(C)c(NC(=O)C[NH+]2C[C@@H](C)C[C@H](C)C2)c(Cl)c1. The van der Waals surface area contributed by atoms with Crippen molar-refractivity contribution in [2.24, 2.45) is 11.8 Å². The van der Waals surface area contributed by atoms with Gasteiger partial charge in [0, 0.05) is 11.8 Å². The molecule has 2 atom stereocenters. The second kappa shape index (κ2) is 6.80. The van der Waals surface area contributed by atoms with E-state index in [9.17, 15) is 4.79 Å². The van der Waals surface area contributed by atoms with Crippen LogP contribution in [0.3, 0.4) is 0 Å². The Labute approximate surface area is 132 Å². The smallest absolute Gasteiger partial charge is 0.279 e. The summed E-state index contributed by atoms with van der Waals surface area (Å²) in [5.74, 6) is 1.45. The Bertz CT molecular complexity index is 497. The number of amides is 1. The van der Waals surface area contributed by atoms with Crippen molar-refractivity contribution in [3.8, 4) is 0 Å². The normalized spacial score (nSPS) is 25.7. The fraction of sp³-hybridized carbons (Fsp3) is 0.588. The first-order valence-electron chi connectivity index (χ1n) is 7.75. The van der Waals surface area contributed by atoms with Crippen LogP contribution in [0.5, 0.6) is 0 Å². The van der Waals surface area contributed by atoms with Crippen molar-refractivity contribution in [1.29, 1.82) is 0 Å². The van der Waals surface area contributed by atoms with E-state index in [0.29, 0.717) is 23.4 Å². The van der Waals surface area contributed by atoms with Crippen LogP contribution in [-0.2, 0) is 4.79 Å². The first-order valence-corrected chi connectivity index (χ1v) is 8.13. The van der Waals surface area contributed by atoms with Gasteiger partial charge in [-0.15, -0.1) is 0 Å². The summed E-state index contributed by atoms with van der Waals surface area (Å²) < 4.78 is 0. The highest BCUT2D eigenvalue weighted by Gasteiger charge is 2.26. The Balaban J connectivity index is 1.99. The lowest BCUT2D eigenvalue weighted by Gasteiger charge is -2.31. The van der Waals surface area contributed by atoms with Crippen LogP contribution >= 0.6 is 11.6 Å². The second-order valence-electron chi connectivity index (χ2n) is 6.77. The van der Waals surface area contributed by atoms with E-state index in [1.54, 1.807) is 0 Å². The Hall–Kier alpha value is -1.06. The fourth-order valence-electron chi connectivity index (χ4n) is 3.55. The van der Waals surface area contributed by atoms with Crippen LogP contribution in [0.25, 0.3) is 0 Å². The number of hydrogen-bond acceptors (Lipinski definition) is 1. The van der Waals surface area contributed by atoms with Gasteiger partial charge in [-0.05, 0) is 37.5 Å². The number of anilines is 1. The third-order valence-corrected chi connectivity index (χ3v) is 4.48. The zero-order chi connectivity index (χ0) is 15.6. The number of nitrogens with one attached hydrogen (secondary N) is 2. The molecule has 0 unspecified atom stereocenters. The summed E-state index contributed by atoms with van der Waals surface area (Å²) in [4.78, 5) is 13.7. The summed E-state index contributed by atoms with van der Waals surface area (Å²) in [6.07, 6.45) is 1.27. The molecule has 1 aromatic rings. The molecule has 1 fully saturated rings. The van der Waals surface area contributed by atoms with Gasteiger partial charge in [0.25, 0.3) is 5.91 Å². The van der Waals surface area contributed by atoms with Crippen molar-refractivity contribution >= 4 is 23.2 Å². The average molecular weight is 310 g/mol. The fourth-order valence-corrected chi connectivity index (χ4v) is 3.92. The van der Waals surface area contributed by atoms with Gasteiger partial charge in [0.1, 0.15) is 0 Å². The van der Waals surface area contributed by atoms with E-state index in [-0.39, 0.29) is 5.91 Å². The molecule has 1 aromatic carbocycles. The number of piperidine rings is 1. The lowest BCUT2D eigenvalue weighted by molar-refractivity contribution is -0.904. The number of carbonyl (C=O) groups excluding carboxylic acids is 1. The Morgan fingerprint density at radius 2 is 1.90 bits per heavy atom. The number of likely N-dealkylation sites (tertiary alicyclic amines) is 1. The van der Waals surface area contributed by atoms with Crippen LogP contribution in [0.15, 0.2) is 12.1 Å². The summed E-state index contributed by atoms with van der Waals surface area (Å²) in [5.41, 5.74) is 2.88. The molecule has 0 spiro atoms. The van der Waals surface area contributed by atoms with Crippen LogP contribution in [0.4, 0.5) is 5.69 Å². The first kappa shape index (κ1) is 16.3. The molecule has 0 saturated carbocycles. The predicted molar refractivity (Wildman–Crippen MR) is 88.1 cm³/mol. The van der Waals surface area contributed by atoms with Gasteiger partial charge in [-0.2, -0.15) is 0 Å². The van der Waals surface area contributed by atoms with E-state index in [1.165, 1.54) is 11.3 Å². The third kappa shape index (κ3) is 4.45. The maximum absolute atomic E-state index is 12.3. The van der Waals surface area contributed by atoms with E-state index in [4.69, 9.17) is 11.6 Å². The number of aryl methyl sites for hydroxylation is 2. The minimum absolute atomic E-state index is 0.0557.